The van der Waals surface area contributed by atoms with Gasteiger partial charge in [0.15, 0.2) is 0 Å². The van der Waals surface area contributed by atoms with Gasteiger partial charge in [-0.05, 0) is 18.1 Å². The Hall–Kier alpha value is -2.30. The molecule has 0 aliphatic carbocycles. The molecule has 1 aliphatic rings. The maximum atomic E-state index is 12.2. The van der Waals surface area contributed by atoms with E-state index in [0.717, 1.165) is 47.8 Å². The lowest BCUT2D eigenvalue weighted by Gasteiger charge is -2.39. The van der Waals surface area contributed by atoms with Crippen molar-refractivity contribution in [1.82, 2.24) is 9.88 Å². The molecule has 1 aromatic carbocycles. The number of benzene rings is 1. The molecular weight excluding hydrogens is 304 g/mol. The fraction of sp³-hybridized carbons (Fsp3) is 0.474. The zero-order valence-corrected chi connectivity index (χ0v) is 14.2. The molecule has 24 heavy (non-hydrogen) atoms. The normalized spacial score (nSPS) is 20.2. The van der Waals surface area contributed by atoms with Crippen LogP contribution in [0.2, 0.25) is 0 Å². The third-order valence-corrected chi connectivity index (χ3v) is 4.98. The Bertz CT molecular complexity index is 765. The van der Waals surface area contributed by atoms with Crippen molar-refractivity contribution in [2.24, 2.45) is 0 Å². The summed E-state index contributed by atoms with van der Waals surface area (Å²) >= 11 is 0. The molecule has 1 aliphatic heterocycles. The molecule has 2 aromatic rings. The number of carboxylic acids is 1. The predicted octanol–water partition coefficient (Wildman–Crippen LogP) is 3.65. The topological polar surface area (TPSA) is 73.4 Å². The molecule has 2 heterocycles. The number of unbranched alkanes of at least 4 members (excludes halogenated alkanes) is 2. The monoisotopic (exact) mass is 328 g/mol. The Labute approximate surface area is 141 Å². The van der Waals surface area contributed by atoms with Crippen LogP contribution < -0.4 is 0 Å². The van der Waals surface area contributed by atoms with Gasteiger partial charge >= 0.3 is 5.97 Å². The van der Waals surface area contributed by atoms with Crippen molar-refractivity contribution in [3.63, 3.8) is 0 Å². The first-order valence-corrected chi connectivity index (χ1v) is 8.65. The molecule has 128 valence electrons. The first kappa shape index (κ1) is 16.6. The quantitative estimate of drug-likeness (QED) is 0.823. The lowest BCUT2D eigenvalue weighted by atomic mass is 9.89. The molecule has 5 nitrogen and oxygen atoms in total. The molecule has 0 unspecified atom stereocenters. The second-order valence-electron chi connectivity index (χ2n) is 6.56. The molecule has 0 fully saturated rings. The Morgan fingerprint density at radius 1 is 1.29 bits per heavy atom. The molecule has 0 saturated carbocycles. The number of nitrogens with one attached hydrogen (secondary N) is 1. The first-order chi connectivity index (χ1) is 11.5. The summed E-state index contributed by atoms with van der Waals surface area (Å²) in [4.78, 5) is 29.1. The van der Waals surface area contributed by atoms with Crippen molar-refractivity contribution in [1.29, 1.82) is 0 Å². The van der Waals surface area contributed by atoms with Gasteiger partial charge in [0.2, 0.25) is 5.91 Å². The summed E-state index contributed by atoms with van der Waals surface area (Å²) in [6, 6.07) is 6.98. The van der Waals surface area contributed by atoms with Crippen LogP contribution in [0.25, 0.3) is 10.9 Å². The average molecular weight is 328 g/mol. The van der Waals surface area contributed by atoms with Gasteiger partial charge in [0.25, 0.3) is 0 Å². The molecule has 1 amide bonds. The Morgan fingerprint density at radius 2 is 2.04 bits per heavy atom. The van der Waals surface area contributed by atoms with Crippen molar-refractivity contribution in [2.45, 2.75) is 58.0 Å². The molecule has 2 atom stereocenters. The number of rotatable bonds is 5. The number of fused-ring (bicyclic) bond motifs is 3. The third kappa shape index (κ3) is 2.79. The minimum atomic E-state index is -0.929. The van der Waals surface area contributed by atoms with E-state index < -0.39 is 12.0 Å². The van der Waals surface area contributed by atoms with E-state index in [0.29, 0.717) is 6.42 Å². The molecule has 1 aromatic heterocycles. The van der Waals surface area contributed by atoms with Crippen LogP contribution in [0.3, 0.4) is 0 Å². The minimum absolute atomic E-state index is 0.173. The summed E-state index contributed by atoms with van der Waals surface area (Å²) in [5, 5.41) is 10.7. The Morgan fingerprint density at radius 3 is 2.71 bits per heavy atom. The van der Waals surface area contributed by atoms with Crippen LogP contribution >= 0.6 is 0 Å². The van der Waals surface area contributed by atoms with Crippen LogP contribution in [0.15, 0.2) is 24.3 Å². The van der Waals surface area contributed by atoms with E-state index in [9.17, 15) is 14.7 Å². The number of carboxylic acid groups (broad SMARTS) is 1. The van der Waals surface area contributed by atoms with Crippen LogP contribution in [0.1, 0.15) is 56.8 Å². The van der Waals surface area contributed by atoms with Crippen molar-refractivity contribution in [3.05, 3.63) is 35.5 Å². The van der Waals surface area contributed by atoms with Crippen LogP contribution in [-0.4, -0.2) is 32.9 Å². The summed E-state index contributed by atoms with van der Waals surface area (Å²) in [6.45, 7) is 3.61. The van der Waals surface area contributed by atoms with Gasteiger partial charge in [-0.2, -0.15) is 0 Å². The SMILES string of the molecule is CCCCC[C@H]1c2[nH]c3ccccc3c2C[C@@H](C(=O)O)N1C(C)=O. The van der Waals surface area contributed by atoms with Crippen LogP contribution in [0.5, 0.6) is 0 Å². The Balaban J connectivity index is 2.10. The number of hydrogen-bond donors (Lipinski definition) is 2. The third-order valence-electron chi connectivity index (χ3n) is 4.98. The van der Waals surface area contributed by atoms with E-state index in [4.69, 9.17) is 0 Å². The number of carbonyl (C=O) groups is 2. The Kier molecular flexibility index (Phi) is 4.60. The molecule has 3 rings (SSSR count). The van der Waals surface area contributed by atoms with Gasteiger partial charge in [0.05, 0.1) is 6.04 Å². The number of para-hydroxylation sites is 1. The number of H-pyrrole nitrogens is 1. The molecule has 2 N–H and O–H groups in total. The number of aromatic nitrogens is 1. The van der Waals surface area contributed by atoms with Crippen molar-refractivity contribution >= 4 is 22.8 Å². The number of carbonyl (C=O) groups excluding carboxylic acids is 1. The van der Waals surface area contributed by atoms with Gasteiger partial charge in [0, 0.05) is 29.9 Å². The van der Waals surface area contributed by atoms with Crippen LogP contribution in [0.4, 0.5) is 0 Å². The second kappa shape index (κ2) is 6.67. The number of aromatic amines is 1. The van der Waals surface area contributed by atoms with Crippen molar-refractivity contribution in [2.75, 3.05) is 0 Å². The molecule has 0 saturated heterocycles. The summed E-state index contributed by atoms with van der Waals surface area (Å²) in [7, 11) is 0. The first-order valence-electron chi connectivity index (χ1n) is 8.65. The van der Waals surface area contributed by atoms with Crippen LogP contribution in [-0.2, 0) is 16.0 Å². The fourth-order valence-corrected chi connectivity index (χ4v) is 3.89. The lowest BCUT2D eigenvalue weighted by molar-refractivity contribution is -0.152. The van der Waals surface area contributed by atoms with E-state index in [2.05, 4.69) is 11.9 Å². The highest BCUT2D eigenvalue weighted by Gasteiger charge is 2.41. The van der Waals surface area contributed by atoms with Gasteiger partial charge in [0.1, 0.15) is 6.04 Å². The molecular formula is C19H24N2O3. The minimum Gasteiger partial charge on any atom is -0.480 e. The highest BCUT2D eigenvalue weighted by molar-refractivity contribution is 5.89. The highest BCUT2D eigenvalue weighted by Crippen LogP contribution is 2.39. The molecule has 5 heteroatoms. The van der Waals surface area contributed by atoms with E-state index in [1.165, 1.54) is 6.92 Å². The largest absolute Gasteiger partial charge is 0.480 e. The van der Waals surface area contributed by atoms with E-state index in [1.54, 1.807) is 4.90 Å². The summed E-state index contributed by atoms with van der Waals surface area (Å²) in [5.74, 6) is -1.10. The smallest absolute Gasteiger partial charge is 0.326 e. The van der Waals surface area contributed by atoms with Gasteiger partial charge in [-0.3, -0.25) is 4.79 Å². The number of amides is 1. The van der Waals surface area contributed by atoms with E-state index >= 15 is 0 Å². The molecule has 0 bridgehead atoms. The van der Waals surface area contributed by atoms with Crippen molar-refractivity contribution in [3.8, 4) is 0 Å². The number of aliphatic carboxylic acids is 1. The average Bonchev–Trinajstić information content (AvgIpc) is 2.92. The van der Waals surface area contributed by atoms with Gasteiger partial charge in [-0.25, -0.2) is 4.79 Å². The van der Waals surface area contributed by atoms with Crippen LogP contribution in [0, 0.1) is 0 Å². The zero-order chi connectivity index (χ0) is 17.3. The lowest BCUT2D eigenvalue weighted by Crippen LogP contribution is -2.50. The molecule has 0 radical (unpaired) electrons. The summed E-state index contributed by atoms with van der Waals surface area (Å²) < 4.78 is 0. The van der Waals surface area contributed by atoms with Gasteiger partial charge < -0.3 is 15.0 Å². The zero-order valence-electron chi connectivity index (χ0n) is 14.2. The number of nitrogens with zero attached hydrogens (tertiary/aromatic N) is 1. The maximum absolute atomic E-state index is 12.2. The van der Waals surface area contributed by atoms with E-state index in [1.807, 2.05) is 24.3 Å². The summed E-state index contributed by atoms with van der Waals surface area (Å²) in [5.41, 5.74) is 3.08. The standard InChI is InChI=1S/C19H24N2O3/c1-3-4-5-10-16-18-14(13-8-6-7-9-15(13)20-18)11-17(19(23)24)21(16)12(2)22/h6-9,16-17,20H,3-5,10-11H2,1-2H3,(H,23,24)/t16-,17-/m0/s1. The van der Waals surface area contributed by atoms with Gasteiger partial charge in [-0.1, -0.05) is 44.4 Å². The van der Waals surface area contributed by atoms with Gasteiger partial charge in [-0.15, -0.1) is 0 Å². The molecule has 0 spiro atoms. The maximum Gasteiger partial charge on any atom is 0.326 e. The van der Waals surface area contributed by atoms with E-state index in [-0.39, 0.29) is 11.9 Å². The highest BCUT2D eigenvalue weighted by atomic mass is 16.4. The summed E-state index contributed by atoms with van der Waals surface area (Å²) in [6.07, 6.45) is 4.30. The fourth-order valence-electron chi connectivity index (χ4n) is 3.89. The van der Waals surface area contributed by atoms with Crippen molar-refractivity contribution < 1.29 is 14.7 Å². The number of hydrogen-bond acceptors (Lipinski definition) is 2. The second-order valence-corrected chi connectivity index (χ2v) is 6.56. The predicted molar refractivity (Wildman–Crippen MR) is 92.8 cm³/mol.